The van der Waals surface area contributed by atoms with Gasteiger partial charge < -0.3 is 14.2 Å². The summed E-state index contributed by atoms with van der Waals surface area (Å²) in [5.74, 6) is 0.776. The van der Waals surface area contributed by atoms with Gasteiger partial charge in [-0.05, 0) is 66.9 Å². The Bertz CT molecular complexity index is 1020. The van der Waals surface area contributed by atoms with Crippen molar-refractivity contribution in [2.75, 3.05) is 7.11 Å². The van der Waals surface area contributed by atoms with Gasteiger partial charge in [0.1, 0.15) is 11.5 Å². The highest BCUT2D eigenvalue weighted by atomic mass is 16.7. The van der Waals surface area contributed by atoms with Gasteiger partial charge in [-0.3, -0.25) is 0 Å². The predicted octanol–water partition coefficient (Wildman–Crippen LogP) is 5.63. The van der Waals surface area contributed by atoms with Crippen molar-refractivity contribution in [1.29, 1.82) is 0 Å². The van der Waals surface area contributed by atoms with Gasteiger partial charge in [-0.1, -0.05) is 26.2 Å². The number of hydrogen-bond donors (Lipinski definition) is 0. The van der Waals surface area contributed by atoms with Crippen molar-refractivity contribution in [2.45, 2.75) is 39.0 Å². The zero-order chi connectivity index (χ0) is 22.8. The molecule has 0 unspecified atom stereocenters. The fourth-order valence-corrected chi connectivity index (χ4v) is 3.02. The summed E-state index contributed by atoms with van der Waals surface area (Å²) in [7, 11) is 1.22. The zero-order valence-corrected chi connectivity index (χ0v) is 18.2. The Hall–Kier alpha value is -3.74. The van der Waals surface area contributed by atoms with Crippen LogP contribution in [-0.4, -0.2) is 29.2 Å². The molecule has 0 aliphatic heterocycles. The third-order valence-electron chi connectivity index (χ3n) is 4.81. The second-order valence-electron chi connectivity index (χ2n) is 7.22. The number of rotatable bonds is 9. The van der Waals surface area contributed by atoms with E-state index in [1.54, 1.807) is 12.1 Å². The minimum atomic E-state index is -0.828. The van der Waals surface area contributed by atoms with Crippen molar-refractivity contribution in [3.63, 3.8) is 0 Å². The first-order chi connectivity index (χ1) is 15.6. The van der Waals surface area contributed by atoms with E-state index in [9.17, 15) is 9.59 Å². The van der Waals surface area contributed by atoms with Gasteiger partial charge in [0.25, 0.3) is 0 Å². The molecule has 0 saturated heterocycles. The molecule has 166 valence electrons. The maximum absolute atomic E-state index is 12.3. The maximum atomic E-state index is 12.3. The summed E-state index contributed by atoms with van der Waals surface area (Å²) in [6.07, 6.45) is 8.76. The fraction of sp³-hybridized carbons (Fsp3) is 0.280. The molecule has 0 fully saturated rings. The number of ether oxygens (including phenoxy) is 3. The Balaban J connectivity index is 1.56. The van der Waals surface area contributed by atoms with Crippen LogP contribution in [0.2, 0.25) is 0 Å². The lowest BCUT2D eigenvalue weighted by molar-refractivity contribution is 0.0734. The first kappa shape index (κ1) is 22.9. The van der Waals surface area contributed by atoms with Crippen molar-refractivity contribution < 1.29 is 23.8 Å². The minimum Gasteiger partial charge on any atom is -0.437 e. The van der Waals surface area contributed by atoms with E-state index in [-0.39, 0.29) is 5.75 Å². The van der Waals surface area contributed by atoms with Gasteiger partial charge >= 0.3 is 12.1 Å². The van der Waals surface area contributed by atoms with Crippen LogP contribution in [0.1, 0.15) is 48.5 Å². The Kier molecular flexibility index (Phi) is 8.31. The normalized spacial score (nSPS) is 10.4. The molecule has 0 amide bonds. The smallest absolute Gasteiger partial charge is 0.437 e. The van der Waals surface area contributed by atoms with Crippen LogP contribution < -0.4 is 9.47 Å². The SMILES string of the molecule is CCCCCCc1cnc(-c2ccc(OC(=O)c3ccc(OC(=O)OC)cc3)cc2)nc1. The molecule has 0 N–H and O–H groups in total. The molecule has 0 atom stereocenters. The van der Waals surface area contributed by atoms with Crippen LogP contribution >= 0.6 is 0 Å². The highest BCUT2D eigenvalue weighted by Gasteiger charge is 2.11. The summed E-state index contributed by atoms with van der Waals surface area (Å²) in [6.45, 7) is 2.20. The van der Waals surface area contributed by atoms with Crippen molar-refractivity contribution in [3.05, 3.63) is 72.1 Å². The predicted molar refractivity (Wildman–Crippen MR) is 120 cm³/mol. The molecule has 0 radical (unpaired) electrons. The Morgan fingerprint density at radius 1 is 0.812 bits per heavy atom. The molecule has 32 heavy (non-hydrogen) atoms. The first-order valence-electron chi connectivity index (χ1n) is 10.6. The van der Waals surface area contributed by atoms with E-state index in [1.165, 1.54) is 50.6 Å². The monoisotopic (exact) mass is 434 g/mol. The van der Waals surface area contributed by atoms with Crippen molar-refractivity contribution in [2.24, 2.45) is 0 Å². The largest absolute Gasteiger partial charge is 0.513 e. The highest BCUT2D eigenvalue weighted by molar-refractivity contribution is 5.91. The molecule has 1 aromatic heterocycles. The molecule has 3 aromatic rings. The summed E-state index contributed by atoms with van der Waals surface area (Å²) in [5, 5.41) is 0. The van der Waals surface area contributed by atoms with E-state index >= 15 is 0 Å². The van der Waals surface area contributed by atoms with E-state index in [2.05, 4.69) is 21.6 Å². The van der Waals surface area contributed by atoms with E-state index < -0.39 is 12.1 Å². The molecule has 0 saturated carbocycles. The van der Waals surface area contributed by atoms with Crippen LogP contribution in [-0.2, 0) is 11.2 Å². The number of nitrogens with zero attached hydrogens (tertiary/aromatic N) is 2. The fourth-order valence-electron chi connectivity index (χ4n) is 3.02. The maximum Gasteiger partial charge on any atom is 0.513 e. The second kappa shape index (κ2) is 11.6. The van der Waals surface area contributed by atoms with E-state index in [0.717, 1.165) is 24.0 Å². The van der Waals surface area contributed by atoms with Crippen LogP contribution in [0.25, 0.3) is 11.4 Å². The molecule has 3 rings (SSSR count). The Labute approximate surface area is 187 Å². The average molecular weight is 434 g/mol. The molecule has 2 aromatic carbocycles. The number of aromatic nitrogens is 2. The molecular formula is C25H26N2O5. The minimum absolute atomic E-state index is 0.268. The molecule has 0 aliphatic carbocycles. The molecule has 0 spiro atoms. The number of benzene rings is 2. The standard InChI is InChI=1S/C25H26N2O5/c1-3-4-5-6-7-18-16-26-23(27-17-18)19-8-12-21(13-9-19)31-24(28)20-10-14-22(15-11-20)32-25(29)30-2/h8-17H,3-7H2,1-2H3. The topological polar surface area (TPSA) is 87.6 Å². The van der Waals surface area contributed by atoms with Gasteiger partial charge in [0.2, 0.25) is 0 Å². The van der Waals surface area contributed by atoms with Crippen molar-refractivity contribution >= 4 is 12.1 Å². The summed E-state index contributed by atoms with van der Waals surface area (Å²) in [5.41, 5.74) is 2.30. The average Bonchev–Trinajstić information content (AvgIpc) is 2.83. The Morgan fingerprint density at radius 2 is 1.44 bits per heavy atom. The lowest BCUT2D eigenvalue weighted by atomic mass is 10.1. The molecule has 7 nitrogen and oxygen atoms in total. The van der Waals surface area contributed by atoms with E-state index in [1.807, 2.05) is 24.5 Å². The quantitative estimate of drug-likeness (QED) is 0.187. The summed E-state index contributed by atoms with van der Waals surface area (Å²) < 4.78 is 14.7. The zero-order valence-electron chi connectivity index (χ0n) is 18.2. The summed E-state index contributed by atoms with van der Waals surface area (Å²) in [6, 6.07) is 13.0. The van der Waals surface area contributed by atoms with Crippen LogP contribution in [0.5, 0.6) is 11.5 Å². The van der Waals surface area contributed by atoms with Gasteiger partial charge in [0.15, 0.2) is 5.82 Å². The third kappa shape index (κ3) is 6.63. The van der Waals surface area contributed by atoms with E-state index in [0.29, 0.717) is 17.1 Å². The number of unbranched alkanes of at least 4 members (excludes halogenated alkanes) is 3. The van der Waals surface area contributed by atoms with Gasteiger partial charge in [-0.2, -0.15) is 0 Å². The number of carbonyl (C=O) groups excluding carboxylic acids is 2. The lowest BCUT2D eigenvalue weighted by Gasteiger charge is -2.07. The highest BCUT2D eigenvalue weighted by Crippen LogP contribution is 2.21. The van der Waals surface area contributed by atoms with Crippen molar-refractivity contribution in [1.82, 2.24) is 9.97 Å². The number of aryl methyl sites for hydroxylation is 1. The van der Waals surface area contributed by atoms with E-state index in [4.69, 9.17) is 9.47 Å². The second-order valence-corrected chi connectivity index (χ2v) is 7.22. The molecule has 0 aliphatic rings. The summed E-state index contributed by atoms with van der Waals surface area (Å²) >= 11 is 0. The number of methoxy groups -OCH3 is 1. The Morgan fingerprint density at radius 3 is 2.06 bits per heavy atom. The van der Waals surface area contributed by atoms with Crippen LogP contribution in [0.15, 0.2) is 60.9 Å². The van der Waals surface area contributed by atoms with Gasteiger partial charge in [0, 0.05) is 18.0 Å². The molecule has 1 heterocycles. The van der Waals surface area contributed by atoms with Crippen LogP contribution in [0.4, 0.5) is 4.79 Å². The van der Waals surface area contributed by atoms with Gasteiger partial charge in [-0.25, -0.2) is 19.6 Å². The number of hydrogen-bond acceptors (Lipinski definition) is 7. The molecule has 7 heteroatoms. The van der Waals surface area contributed by atoms with Crippen molar-refractivity contribution in [3.8, 4) is 22.9 Å². The molecular weight excluding hydrogens is 408 g/mol. The van der Waals surface area contributed by atoms with Crippen LogP contribution in [0, 0.1) is 0 Å². The molecule has 0 bridgehead atoms. The number of esters is 1. The third-order valence-corrected chi connectivity index (χ3v) is 4.81. The summed E-state index contributed by atoms with van der Waals surface area (Å²) in [4.78, 5) is 32.4. The van der Waals surface area contributed by atoms with Crippen LogP contribution in [0.3, 0.4) is 0 Å². The van der Waals surface area contributed by atoms with Gasteiger partial charge in [-0.15, -0.1) is 0 Å². The number of carbonyl (C=O) groups is 2. The first-order valence-corrected chi connectivity index (χ1v) is 10.6. The van der Waals surface area contributed by atoms with Gasteiger partial charge in [0.05, 0.1) is 12.7 Å². The lowest BCUT2D eigenvalue weighted by Crippen LogP contribution is -2.09.